The Morgan fingerprint density at radius 1 is 1.15 bits per heavy atom. The van der Waals surface area contributed by atoms with Crippen molar-refractivity contribution in [3.63, 3.8) is 0 Å². The zero-order valence-electron chi connectivity index (χ0n) is 20.1. The number of nitrogens with one attached hydrogen (secondary N) is 2. The van der Waals surface area contributed by atoms with Crippen molar-refractivity contribution in [3.8, 4) is 11.3 Å². The molecule has 34 heavy (non-hydrogen) atoms. The standard InChI is InChI=1S/C27H35N5O2/c1-27(26(34)29-22-9-6-10-22)12-11-24-30-23(18-32(24)19-27)20-7-5-8-21(17-20)25(33)28-13-16-31-14-3-2-4-15-31/h5,7-8,11-12,17-18,22H,2-4,6,9-10,13-16,19H2,1H3,(H,28,33)(H,29,34). The summed E-state index contributed by atoms with van der Waals surface area (Å²) in [6.07, 6.45) is 13.1. The summed E-state index contributed by atoms with van der Waals surface area (Å²) in [6, 6.07) is 7.95. The van der Waals surface area contributed by atoms with E-state index >= 15 is 0 Å². The molecule has 0 spiro atoms. The van der Waals surface area contributed by atoms with Crippen molar-refractivity contribution < 1.29 is 9.59 Å². The highest BCUT2D eigenvalue weighted by molar-refractivity contribution is 5.95. The van der Waals surface area contributed by atoms with Crippen LogP contribution in [0.15, 0.2) is 36.5 Å². The van der Waals surface area contributed by atoms with Crippen LogP contribution in [0, 0.1) is 5.41 Å². The van der Waals surface area contributed by atoms with Crippen molar-refractivity contribution in [2.45, 2.75) is 58.0 Å². The molecule has 2 fully saturated rings. The minimum atomic E-state index is -0.587. The van der Waals surface area contributed by atoms with Gasteiger partial charge in [-0.05, 0) is 70.3 Å². The number of piperidine rings is 1. The van der Waals surface area contributed by atoms with Gasteiger partial charge >= 0.3 is 0 Å². The summed E-state index contributed by atoms with van der Waals surface area (Å²) >= 11 is 0. The van der Waals surface area contributed by atoms with Gasteiger partial charge in [0, 0.05) is 43.0 Å². The van der Waals surface area contributed by atoms with E-state index in [4.69, 9.17) is 4.98 Å². The van der Waals surface area contributed by atoms with Crippen LogP contribution in [0.3, 0.4) is 0 Å². The SMILES string of the molecule is CC1(C(=O)NC2CCC2)C=Cc2nc(-c3cccc(C(=O)NCCN4CCCCC4)c3)cn2C1. The number of likely N-dealkylation sites (tertiary alicyclic amines) is 1. The highest BCUT2D eigenvalue weighted by Gasteiger charge is 2.36. The maximum Gasteiger partial charge on any atom is 0.251 e. The van der Waals surface area contributed by atoms with Gasteiger partial charge in [-0.15, -0.1) is 0 Å². The lowest BCUT2D eigenvalue weighted by atomic mass is 9.85. The summed E-state index contributed by atoms with van der Waals surface area (Å²) in [7, 11) is 0. The number of benzene rings is 1. The summed E-state index contributed by atoms with van der Waals surface area (Å²) in [4.78, 5) is 32.8. The van der Waals surface area contributed by atoms with Crippen LogP contribution in [0.4, 0.5) is 0 Å². The predicted octanol–water partition coefficient (Wildman–Crippen LogP) is 3.47. The molecule has 180 valence electrons. The molecular weight excluding hydrogens is 426 g/mol. The summed E-state index contributed by atoms with van der Waals surface area (Å²) in [5.41, 5.74) is 1.77. The van der Waals surface area contributed by atoms with Crippen LogP contribution in [-0.4, -0.2) is 58.5 Å². The molecule has 0 bridgehead atoms. The van der Waals surface area contributed by atoms with Gasteiger partial charge in [-0.2, -0.15) is 0 Å². The Kier molecular flexibility index (Phi) is 6.55. The third kappa shape index (κ3) is 4.94. The smallest absolute Gasteiger partial charge is 0.251 e. The Bertz CT molecular complexity index is 1080. The van der Waals surface area contributed by atoms with Crippen LogP contribution in [0.1, 0.15) is 61.6 Å². The number of aromatic nitrogens is 2. The summed E-state index contributed by atoms with van der Waals surface area (Å²) in [5, 5.41) is 6.24. The van der Waals surface area contributed by atoms with Gasteiger partial charge in [-0.3, -0.25) is 9.59 Å². The Labute approximate surface area is 201 Å². The van der Waals surface area contributed by atoms with Crippen molar-refractivity contribution in [1.82, 2.24) is 25.1 Å². The van der Waals surface area contributed by atoms with E-state index < -0.39 is 5.41 Å². The van der Waals surface area contributed by atoms with Crippen molar-refractivity contribution in [3.05, 3.63) is 47.9 Å². The quantitative estimate of drug-likeness (QED) is 0.662. The van der Waals surface area contributed by atoms with E-state index in [1.165, 1.54) is 25.7 Å². The Hall–Kier alpha value is -2.93. The topological polar surface area (TPSA) is 79.3 Å². The van der Waals surface area contributed by atoms with Gasteiger partial charge in [0.25, 0.3) is 5.91 Å². The number of fused-ring (bicyclic) bond motifs is 1. The van der Waals surface area contributed by atoms with E-state index in [9.17, 15) is 9.59 Å². The summed E-state index contributed by atoms with van der Waals surface area (Å²) < 4.78 is 2.04. The maximum absolute atomic E-state index is 12.9. The third-order valence-corrected chi connectivity index (χ3v) is 7.45. The predicted molar refractivity (Wildman–Crippen MR) is 133 cm³/mol. The van der Waals surface area contributed by atoms with Gasteiger partial charge in [0.05, 0.1) is 11.1 Å². The molecule has 3 heterocycles. The molecule has 5 rings (SSSR count). The molecule has 7 nitrogen and oxygen atoms in total. The average molecular weight is 462 g/mol. The fourth-order valence-corrected chi connectivity index (χ4v) is 4.98. The Balaban J connectivity index is 1.23. The molecule has 1 atom stereocenters. The van der Waals surface area contributed by atoms with E-state index in [2.05, 4.69) is 15.5 Å². The van der Waals surface area contributed by atoms with E-state index in [1.54, 1.807) is 0 Å². The molecule has 0 radical (unpaired) electrons. The number of hydrogen-bond donors (Lipinski definition) is 2. The van der Waals surface area contributed by atoms with Crippen molar-refractivity contribution in [2.75, 3.05) is 26.2 Å². The van der Waals surface area contributed by atoms with Crippen molar-refractivity contribution in [2.24, 2.45) is 5.41 Å². The normalized spacial score (nSPS) is 22.6. The molecule has 2 N–H and O–H groups in total. The van der Waals surface area contributed by atoms with Crippen LogP contribution >= 0.6 is 0 Å². The fourth-order valence-electron chi connectivity index (χ4n) is 4.98. The van der Waals surface area contributed by atoms with Gasteiger partial charge in [0.1, 0.15) is 5.82 Å². The number of carbonyl (C=O) groups is 2. The molecule has 1 aliphatic carbocycles. The lowest BCUT2D eigenvalue weighted by Crippen LogP contribution is -2.48. The van der Waals surface area contributed by atoms with Crippen LogP contribution in [0.25, 0.3) is 17.3 Å². The minimum absolute atomic E-state index is 0.0528. The van der Waals surface area contributed by atoms with Gasteiger partial charge in [0.2, 0.25) is 5.91 Å². The zero-order chi connectivity index (χ0) is 23.5. The second-order valence-electron chi connectivity index (χ2n) is 10.2. The first-order valence-electron chi connectivity index (χ1n) is 12.7. The van der Waals surface area contributed by atoms with Crippen molar-refractivity contribution >= 4 is 17.9 Å². The highest BCUT2D eigenvalue weighted by Crippen LogP contribution is 2.32. The number of imidazole rings is 1. The fraction of sp³-hybridized carbons (Fsp3) is 0.519. The van der Waals surface area contributed by atoms with Gasteiger partial charge < -0.3 is 20.1 Å². The largest absolute Gasteiger partial charge is 0.353 e. The van der Waals surface area contributed by atoms with E-state index in [0.29, 0.717) is 24.7 Å². The molecule has 1 saturated heterocycles. The van der Waals surface area contributed by atoms with Crippen molar-refractivity contribution in [1.29, 1.82) is 0 Å². The molecule has 7 heteroatoms. The number of amides is 2. The van der Waals surface area contributed by atoms with Crippen LogP contribution in [0.2, 0.25) is 0 Å². The number of hydrogen-bond acceptors (Lipinski definition) is 4. The van der Waals surface area contributed by atoms with E-state index in [0.717, 1.165) is 49.6 Å². The number of carbonyl (C=O) groups excluding carboxylic acids is 2. The maximum atomic E-state index is 12.9. The molecule has 2 aliphatic heterocycles. The lowest BCUT2D eigenvalue weighted by Gasteiger charge is -2.33. The second kappa shape index (κ2) is 9.74. The minimum Gasteiger partial charge on any atom is -0.353 e. The molecule has 3 aliphatic rings. The molecule has 1 unspecified atom stereocenters. The van der Waals surface area contributed by atoms with Gasteiger partial charge in [-0.25, -0.2) is 4.98 Å². The summed E-state index contributed by atoms with van der Waals surface area (Å²) in [6.45, 7) is 6.36. The summed E-state index contributed by atoms with van der Waals surface area (Å²) in [5.74, 6) is 0.862. The van der Waals surface area contributed by atoms with Gasteiger partial charge in [0.15, 0.2) is 0 Å². The lowest BCUT2D eigenvalue weighted by molar-refractivity contribution is -0.129. The molecular formula is C27H35N5O2. The Morgan fingerprint density at radius 2 is 1.97 bits per heavy atom. The first-order chi connectivity index (χ1) is 16.5. The molecule has 1 saturated carbocycles. The third-order valence-electron chi connectivity index (χ3n) is 7.45. The monoisotopic (exact) mass is 461 g/mol. The first kappa shape index (κ1) is 22.8. The van der Waals surface area contributed by atoms with E-state index in [1.807, 2.05) is 54.1 Å². The molecule has 1 aromatic carbocycles. The zero-order valence-corrected chi connectivity index (χ0v) is 20.1. The Morgan fingerprint density at radius 3 is 2.74 bits per heavy atom. The van der Waals surface area contributed by atoms with Crippen LogP contribution in [-0.2, 0) is 11.3 Å². The average Bonchev–Trinajstić information content (AvgIpc) is 3.25. The van der Waals surface area contributed by atoms with Gasteiger partial charge in [-0.1, -0.05) is 24.6 Å². The number of nitrogens with zero attached hydrogens (tertiary/aromatic N) is 3. The van der Waals surface area contributed by atoms with E-state index in [-0.39, 0.29) is 11.8 Å². The second-order valence-corrected chi connectivity index (χ2v) is 10.2. The molecule has 2 aromatic rings. The van der Waals surface area contributed by atoms with Crippen LogP contribution in [0.5, 0.6) is 0 Å². The highest BCUT2D eigenvalue weighted by atomic mass is 16.2. The first-order valence-corrected chi connectivity index (χ1v) is 12.7. The molecule has 1 aromatic heterocycles. The van der Waals surface area contributed by atoms with Crippen LogP contribution < -0.4 is 10.6 Å². The molecule has 2 amide bonds. The number of rotatable bonds is 7.